The third-order valence-electron chi connectivity index (χ3n) is 4.16. The largest absolute Gasteiger partial charge is 0.417 e. The lowest BCUT2D eigenvalue weighted by molar-refractivity contribution is -0.137. The van der Waals surface area contributed by atoms with E-state index in [1.165, 1.54) is 12.1 Å². The summed E-state index contributed by atoms with van der Waals surface area (Å²) in [5, 5.41) is 5.04. The molecule has 7 heteroatoms. The molecule has 2 aromatic rings. The second-order valence-electron chi connectivity index (χ2n) is 5.79. The maximum Gasteiger partial charge on any atom is 0.417 e. The molecule has 3 rings (SSSR count). The van der Waals surface area contributed by atoms with E-state index in [2.05, 4.69) is 10.2 Å². The van der Waals surface area contributed by atoms with Gasteiger partial charge in [-0.3, -0.25) is 4.90 Å². The Balaban J connectivity index is 2.02. The average molecular weight is 375 g/mol. The predicted octanol–water partition coefficient (Wildman–Crippen LogP) is 4.81. The fraction of sp³-hybridized carbons (Fsp3) is 0.412. The first-order valence-corrected chi connectivity index (χ1v) is 9.07. The van der Waals surface area contributed by atoms with Gasteiger partial charge in [0, 0.05) is 24.5 Å². The summed E-state index contributed by atoms with van der Waals surface area (Å²) >= 11 is 7.35. The van der Waals surface area contributed by atoms with Crippen LogP contribution in [0.15, 0.2) is 35.7 Å². The maximum absolute atomic E-state index is 13.2. The molecule has 1 N–H and O–H groups in total. The van der Waals surface area contributed by atoms with Crippen LogP contribution in [-0.4, -0.2) is 31.1 Å². The van der Waals surface area contributed by atoms with E-state index >= 15 is 0 Å². The van der Waals surface area contributed by atoms with Crippen LogP contribution in [0.4, 0.5) is 13.2 Å². The number of hydrogen-bond donors (Lipinski definition) is 1. The Bertz CT molecular complexity index is 665. The van der Waals surface area contributed by atoms with Crippen molar-refractivity contribution >= 4 is 22.9 Å². The zero-order valence-electron chi connectivity index (χ0n) is 12.9. The molecule has 1 aromatic carbocycles. The number of benzene rings is 1. The predicted molar refractivity (Wildman–Crippen MR) is 91.7 cm³/mol. The Hall–Kier alpha value is -1.08. The van der Waals surface area contributed by atoms with E-state index in [0.29, 0.717) is 5.56 Å². The molecular weight excluding hydrogens is 357 g/mol. The average Bonchev–Trinajstić information content (AvgIpc) is 2.91. The Morgan fingerprint density at radius 1 is 1.17 bits per heavy atom. The SMILES string of the molecule is FC(F)(F)c1cc(C(c2cccs2)N2CCCNCC2)ccc1Cl. The maximum atomic E-state index is 13.2. The molecule has 2 nitrogen and oxygen atoms in total. The van der Waals surface area contributed by atoms with Crippen LogP contribution in [0.2, 0.25) is 5.02 Å². The van der Waals surface area contributed by atoms with Gasteiger partial charge in [-0.15, -0.1) is 11.3 Å². The van der Waals surface area contributed by atoms with Gasteiger partial charge in [0.1, 0.15) is 0 Å². The fourth-order valence-corrected chi connectivity index (χ4v) is 4.17. The van der Waals surface area contributed by atoms with E-state index in [-0.39, 0.29) is 11.1 Å². The highest BCUT2D eigenvalue weighted by Gasteiger charge is 2.35. The van der Waals surface area contributed by atoms with Crippen molar-refractivity contribution in [3.63, 3.8) is 0 Å². The summed E-state index contributed by atoms with van der Waals surface area (Å²) in [5.74, 6) is 0. The molecule has 0 spiro atoms. The zero-order valence-corrected chi connectivity index (χ0v) is 14.5. The molecule has 1 atom stereocenters. The van der Waals surface area contributed by atoms with Crippen LogP contribution in [0.3, 0.4) is 0 Å². The number of rotatable bonds is 3. The number of nitrogens with zero attached hydrogens (tertiary/aromatic N) is 1. The van der Waals surface area contributed by atoms with Crippen molar-refractivity contribution in [2.24, 2.45) is 0 Å². The van der Waals surface area contributed by atoms with E-state index in [4.69, 9.17) is 11.6 Å². The molecular formula is C17H18ClF3N2S. The summed E-state index contributed by atoms with van der Waals surface area (Å²) in [6.45, 7) is 3.41. The van der Waals surface area contributed by atoms with Gasteiger partial charge in [0.25, 0.3) is 0 Å². The van der Waals surface area contributed by atoms with Crippen LogP contribution >= 0.6 is 22.9 Å². The van der Waals surface area contributed by atoms with Gasteiger partial charge in [0.05, 0.1) is 16.6 Å². The highest BCUT2D eigenvalue weighted by molar-refractivity contribution is 7.10. The summed E-state index contributed by atoms with van der Waals surface area (Å²) in [5.41, 5.74) is -0.132. The Labute approximate surface area is 148 Å². The van der Waals surface area contributed by atoms with Gasteiger partial charge in [-0.25, -0.2) is 0 Å². The molecule has 1 aromatic heterocycles. The molecule has 1 fully saturated rings. The van der Waals surface area contributed by atoms with E-state index in [1.54, 1.807) is 17.4 Å². The third-order valence-corrected chi connectivity index (χ3v) is 5.42. The van der Waals surface area contributed by atoms with Crippen molar-refractivity contribution in [2.75, 3.05) is 26.2 Å². The highest BCUT2D eigenvalue weighted by Crippen LogP contribution is 2.39. The van der Waals surface area contributed by atoms with Gasteiger partial charge < -0.3 is 5.32 Å². The second kappa shape index (κ2) is 7.44. The second-order valence-corrected chi connectivity index (χ2v) is 7.18. The molecule has 0 saturated carbocycles. The molecule has 130 valence electrons. The van der Waals surface area contributed by atoms with Gasteiger partial charge in [-0.1, -0.05) is 23.7 Å². The molecule has 1 aliphatic heterocycles. The molecule has 0 amide bonds. The normalized spacial score (nSPS) is 18.3. The number of hydrogen-bond acceptors (Lipinski definition) is 3. The minimum atomic E-state index is -4.45. The topological polar surface area (TPSA) is 15.3 Å². The molecule has 2 heterocycles. The number of alkyl halides is 3. The van der Waals surface area contributed by atoms with Gasteiger partial charge in [0.15, 0.2) is 0 Å². The van der Waals surface area contributed by atoms with Crippen LogP contribution in [0, 0.1) is 0 Å². The summed E-state index contributed by atoms with van der Waals surface area (Å²) in [4.78, 5) is 3.29. The molecule has 0 bridgehead atoms. The molecule has 24 heavy (non-hydrogen) atoms. The van der Waals surface area contributed by atoms with Crippen molar-refractivity contribution in [2.45, 2.75) is 18.6 Å². The van der Waals surface area contributed by atoms with Crippen molar-refractivity contribution < 1.29 is 13.2 Å². The Morgan fingerprint density at radius 2 is 2.00 bits per heavy atom. The molecule has 1 unspecified atom stereocenters. The monoisotopic (exact) mass is 374 g/mol. The Morgan fingerprint density at radius 3 is 2.71 bits per heavy atom. The molecule has 1 aliphatic rings. The highest BCUT2D eigenvalue weighted by atomic mass is 35.5. The van der Waals surface area contributed by atoms with E-state index < -0.39 is 11.7 Å². The summed E-state index contributed by atoms with van der Waals surface area (Å²) in [7, 11) is 0. The number of nitrogens with one attached hydrogen (secondary N) is 1. The van der Waals surface area contributed by atoms with Crippen molar-refractivity contribution in [1.29, 1.82) is 0 Å². The number of thiophene rings is 1. The van der Waals surface area contributed by atoms with Crippen molar-refractivity contribution in [3.05, 3.63) is 56.7 Å². The third kappa shape index (κ3) is 3.94. The van der Waals surface area contributed by atoms with Crippen LogP contribution < -0.4 is 5.32 Å². The van der Waals surface area contributed by atoms with Gasteiger partial charge in [-0.2, -0.15) is 13.2 Å². The van der Waals surface area contributed by atoms with Gasteiger partial charge in [0.2, 0.25) is 0 Å². The summed E-state index contributed by atoms with van der Waals surface area (Å²) < 4.78 is 39.7. The van der Waals surface area contributed by atoms with Gasteiger partial charge in [-0.05, 0) is 42.1 Å². The molecule has 0 radical (unpaired) electrons. The van der Waals surface area contributed by atoms with Crippen molar-refractivity contribution in [3.8, 4) is 0 Å². The van der Waals surface area contributed by atoms with Crippen LogP contribution in [-0.2, 0) is 6.18 Å². The van der Waals surface area contributed by atoms with Crippen LogP contribution in [0.5, 0.6) is 0 Å². The quantitative estimate of drug-likeness (QED) is 0.829. The van der Waals surface area contributed by atoms with E-state index in [1.807, 2.05) is 17.5 Å². The minimum absolute atomic E-state index is 0.178. The smallest absolute Gasteiger partial charge is 0.315 e. The Kier molecular flexibility index (Phi) is 5.49. The van der Waals surface area contributed by atoms with E-state index in [0.717, 1.165) is 37.5 Å². The lowest BCUT2D eigenvalue weighted by Gasteiger charge is -2.30. The standard InChI is InChI=1S/C17H18ClF3N2S/c18-14-5-4-12(11-13(14)17(19,20)21)16(15-3-1-10-24-15)23-8-2-6-22-7-9-23/h1,3-5,10-11,16,22H,2,6-9H2. The first kappa shape index (κ1) is 17.7. The first-order chi connectivity index (χ1) is 11.5. The van der Waals surface area contributed by atoms with Crippen molar-refractivity contribution in [1.82, 2.24) is 10.2 Å². The lowest BCUT2D eigenvalue weighted by atomic mass is 10.0. The van der Waals surface area contributed by atoms with E-state index in [9.17, 15) is 13.2 Å². The minimum Gasteiger partial charge on any atom is -0.315 e. The van der Waals surface area contributed by atoms with Crippen LogP contribution in [0.25, 0.3) is 0 Å². The molecule has 1 saturated heterocycles. The first-order valence-electron chi connectivity index (χ1n) is 7.81. The van der Waals surface area contributed by atoms with Crippen LogP contribution in [0.1, 0.15) is 28.5 Å². The summed E-state index contributed by atoms with van der Waals surface area (Å²) in [6.07, 6.45) is -3.48. The zero-order chi connectivity index (χ0) is 17.2. The van der Waals surface area contributed by atoms with Gasteiger partial charge >= 0.3 is 6.18 Å². The molecule has 0 aliphatic carbocycles. The lowest BCUT2D eigenvalue weighted by Crippen LogP contribution is -2.32. The fourth-order valence-electron chi connectivity index (χ4n) is 3.06. The summed E-state index contributed by atoms with van der Waals surface area (Å²) in [6, 6.07) is 8.00. The number of halogens is 4.